The normalized spacial score (nSPS) is 10.5. The Labute approximate surface area is 104 Å². The predicted molar refractivity (Wildman–Crippen MR) is 66.8 cm³/mol. The molecular formula is C13H13ClFNO. The summed E-state index contributed by atoms with van der Waals surface area (Å²) in [5, 5.41) is 3.24. The Morgan fingerprint density at radius 1 is 1.24 bits per heavy atom. The van der Waals surface area contributed by atoms with Crippen molar-refractivity contribution >= 4 is 17.3 Å². The molecule has 1 aromatic heterocycles. The molecule has 0 aliphatic carbocycles. The zero-order valence-corrected chi connectivity index (χ0v) is 10.2. The molecule has 0 aliphatic heterocycles. The summed E-state index contributed by atoms with van der Waals surface area (Å²) >= 11 is 5.68. The lowest BCUT2D eigenvalue weighted by molar-refractivity contribution is 0.476. The minimum Gasteiger partial charge on any atom is -0.464 e. The van der Waals surface area contributed by atoms with Crippen molar-refractivity contribution in [1.82, 2.24) is 0 Å². The van der Waals surface area contributed by atoms with E-state index in [1.807, 2.05) is 19.1 Å². The predicted octanol–water partition coefficient (Wildman–Crippen LogP) is 4.25. The van der Waals surface area contributed by atoms with Gasteiger partial charge in [0, 0.05) is 12.1 Å². The van der Waals surface area contributed by atoms with Crippen LogP contribution >= 0.6 is 11.6 Å². The summed E-state index contributed by atoms with van der Waals surface area (Å²) in [4.78, 5) is 0. The molecule has 0 atom stereocenters. The average Bonchev–Trinajstić information content (AvgIpc) is 2.79. The maximum atomic E-state index is 12.9. The third-order valence-electron chi connectivity index (χ3n) is 2.45. The topological polar surface area (TPSA) is 25.2 Å². The van der Waals surface area contributed by atoms with Crippen molar-refractivity contribution < 1.29 is 8.81 Å². The minimum atomic E-state index is -0.413. The van der Waals surface area contributed by atoms with E-state index in [1.54, 1.807) is 12.1 Å². The van der Waals surface area contributed by atoms with E-state index in [0.717, 1.165) is 23.6 Å². The van der Waals surface area contributed by atoms with Gasteiger partial charge >= 0.3 is 0 Å². The van der Waals surface area contributed by atoms with E-state index in [2.05, 4.69) is 5.32 Å². The molecule has 2 nitrogen and oxygen atoms in total. The molecule has 0 fully saturated rings. The second-order valence-electron chi connectivity index (χ2n) is 3.70. The van der Waals surface area contributed by atoms with Gasteiger partial charge in [0.15, 0.2) is 0 Å². The SMILES string of the molecule is CCc1ccc(CNc2ccc(F)c(Cl)c2)o1. The van der Waals surface area contributed by atoms with Crippen molar-refractivity contribution in [2.75, 3.05) is 5.32 Å². The smallest absolute Gasteiger partial charge is 0.141 e. The minimum absolute atomic E-state index is 0.115. The van der Waals surface area contributed by atoms with Crippen molar-refractivity contribution in [2.45, 2.75) is 19.9 Å². The van der Waals surface area contributed by atoms with Crippen LogP contribution in [0, 0.1) is 5.82 Å². The van der Waals surface area contributed by atoms with E-state index in [0.29, 0.717) is 6.54 Å². The van der Waals surface area contributed by atoms with E-state index in [1.165, 1.54) is 6.07 Å². The van der Waals surface area contributed by atoms with Crippen molar-refractivity contribution in [1.29, 1.82) is 0 Å². The van der Waals surface area contributed by atoms with Crippen LogP contribution in [0.25, 0.3) is 0 Å². The van der Waals surface area contributed by atoms with Gasteiger partial charge in [-0.3, -0.25) is 0 Å². The molecule has 17 heavy (non-hydrogen) atoms. The molecular weight excluding hydrogens is 241 g/mol. The number of anilines is 1. The van der Waals surface area contributed by atoms with Crippen LogP contribution < -0.4 is 5.32 Å². The first-order valence-electron chi connectivity index (χ1n) is 5.45. The Bertz CT molecular complexity index is 510. The van der Waals surface area contributed by atoms with E-state index >= 15 is 0 Å². The van der Waals surface area contributed by atoms with E-state index in [9.17, 15) is 4.39 Å². The Kier molecular flexibility index (Phi) is 3.69. The molecule has 90 valence electrons. The molecule has 1 N–H and O–H groups in total. The van der Waals surface area contributed by atoms with Crippen LogP contribution in [0.2, 0.25) is 5.02 Å². The number of furan rings is 1. The summed E-state index contributed by atoms with van der Waals surface area (Å²) in [5.74, 6) is 1.39. The summed E-state index contributed by atoms with van der Waals surface area (Å²) < 4.78 is 18.5. The molecule has 0 aliphatic rings. The monoisotopic (exact) mass is 253 g/mol. The van der Waals surface area contributed by atoms with Gasteiger partial charge < -0.3 is 9.73 Å². The molecule has 0 saturated carbocycles. The number of hydrogen-bond donors (Lipinski definition) is 1. The van der Waals surface area contributed by atoms with E-state index < -0.39 is 5.82 Å². The van der Waals surface area contributed by atoms with Crippen molar-refractivity contribution in [3.8, 4) is 0 Å². The largest absolute Gasteiger partial charge is 0.464 e. The fourth-order valence-electron chi connectivity index (χ4n) is 1.50. The lowest BCUT2D eigenvalue weighted by Crippen LogP contribution is -1.98. The Balaban J connectivity index is 1.99. The number of aryl methyl sites for hydroxylation is 1. The molecule has 1 heterocycles. The van der Waals surface area contributed by atoms with E-state index in [4.69, 9.17) is 16.0 Å². The lowest BCUT2D eigenvalue weighted by atomic mass is 10.3. The maximum Gasteiger partial charge on any atom is 0.141 e. The van der Waals surface area contributed by atoms with Crippen LogP contribution in [0.1, 0.15) is 18.4 Å². The van der Waals surface area contributed by atoms with Crippen molar-refractivity contribution in [3.63, 3.8) is 0 Å². The van der Waals surface area contributed by atoms with Crippen LogP contribution in [-0.4, -0.2) is 0 Å². The van der Waals surface area contributed by atoms with Crippen LogP contribution in [-0.2, 0) is 13.0 Å². The summed E-state index contributed by atoms with van der Waals surface area (Å²) in [6.45, 7) is 2.59. The molecule has 1 aromatic carbocycles. The van der Waals surface area contributed by atoms with Crippen molar-refractivity contribution in [3.05, 3.63) is 52.7 Å². The zero-order valence-electron chi connectivity index (χ0n) is 9.47. The molecule has 0 bridgehead atoms. The number of nitrogens with one attached hydrogen (secondary N) is 1. The number of halogens is 2. The molecule has 2 rings (SSSR count). The van der Waals surface area contributed by atoms with Crippen LogP contribution in [0.4, 0.5) is 10.1 Å². The third-order valence-corrected chi connectivity index (χ3v) is 2.74. The average molecular weight is 254 g/mol. The molecule has 2 aromatic rings. The molecule has 0 radical (unpaired) electrons. The highest BCUT2D eigenvalue weighted by atomic mass is 35.5. The van der Waals surface area contributed by atoms with Crippen LogP contribution in [0.5, 0.6) is 0 Å². The summed E-state index contributed by atoms with van der Waals surface area (Å²) in [6.07, 6.45) is 0.877. The van der Waals surface area contributed by atoms with Gasteiger partial charge in [-0.1, -0.05) is 18.5 Å². The second kappa shape index (κ2) is 5.23. The first-order chi connectivity index (χ1) is 8.19. The summed E-state index contributed by atoms with van der Waals surface area (Å²) in [7, 11) is 0. The maximum absolute atomic E-state index is 12.9. The van der Waals surface area contributed by atoms with Gasteiger partial charge in [0.05, 0.1) is 11.6 Å². The van der Waals surface area contributed by atoms with Gasteiger partial charge in [-0.25, -0.2) is 4.39 Å². The van der Waals surface area contributed by atoms with Gasteiger partial charge in [-0.05, 0) is 30.3 Å². The Morgan fingerprint density at radius 3 is 2.65 bits per heavy atom. The quantitative estimate of drug-likeness (QED) is 0.881. The Hall–Kier alpha value is -1.48. The first-order valence-corrected chi connectivity index (χ1v) is 5.83. The lowest BCUT2D eigenvalue weighted by Gasteiger charge is -2.05. The second-order valence-corrected chi connectivity index (χ2v) is 4.11. The summed E-state index contributed by atoms with van der Waals surface area (Å²) in [5.41, 5.74) is 0.769. The highest BCUT2D eigenvalue weighted by molar-refractivity contribution is 6.31. The fourth-order valence-corrected chi connectivity index (χ4v) is 1.68. The van der Waals surface area contributed by atoms with Crippen molar-refractivity contribution in [2.24, 2.45) is 0 Å². The van der Waals surface area contributed by atoms with Gasteiger partial charge in [-0.15, -0.1) is 0 Å². The number of benzene rings is 1. The molecule has 0 amide bonds. The van der Waals surface area contributed by atoms with E-state index in [-0.39, 0.29) is 5.02 Å². The molecule has 0 spiro atoms. The van der Waals surface area contributed by atoms with Gasteiger partial charge in [0.2, 0.25) is 0 Å². The van der Waals surface area contributed by atoms with Crippen LogP contribution in [0.15, 0.2) is 34.7 Å². The highest BCUT2D eigenvalue weighted by Gasteiger charge is 2.03. The zero-order chi connectivity index (χ0) is 12.3. The molecule has 0 unspecified atom stereocenters. The van der Waals surface area contributed by atoms with Crippen LogP contribution in [0.3, 0.4) is 0 Å². The molecule has 0 saturated heterocycles. The fraction of sp³-hybridized carbons (Fsp3) is 0.231. The number of rotatable bonds is 4. The molecule has 4 heteroatoms. The van der Waals surface area contributed by atoms with Gasteiger partial charge in [0.25, 0.3) is 0 Å². The van der Waals surface area contributed by atoms with Gasteiger partial charge in [-0.2, -0.15) is 0 Å². The Morgan fingerprint density at radius 2 is 2.00 bits per heavy atom. The third kappa shape index (κ3) is 3.01. The standard InChI is InChI=1S/C13H13ClFNO/c1-2-10-4-5-11(17-10)8-16-9-3-6-13(15)12(14)7-9/h3-7,16H,2,8H2,1H3. The highest BCUT2D eigenvalue weighted by Crippen LogP contribution is 2.20. The van der Waals surface area contributed by atoms with Gasteiger partial charge in [0.1, 0.15) is 17.3 Å². The summed E-state index contributed by atoms with van der Waals surface area (Å²) in [6, 6.07) is 8.42. The first kappa shape index (κ1) is 12.0. The number of hydrogen-bond acceptors (Lipinski definition) is 2.